The Labute approximate surface area is 236 Å². The summed E-state index contributed by atoms with van der Waals surface area (Å²) in [6.07, 6.45) is -1.25. The third kappa shape index (κ3) is 8.82. The maximum Gasteiger partial charge on any atom is 0.490 e. The number of fused-ring (bicyclic) bond motifs is 1. The SMILES string of the molecule is CN1CCN(Cc2cnn(C)c2)CC1c1cn2c(N3CCCC3)cccc2n1.O=C(O)C(F)(F)F.O=C(O)C(F)(F)F. The van der Waals surface area contributed by atoms with Crippen LogP contribution in [-0.4, -0.2) is 103 Å². The summed E-state index contributed by atoms with van der Waals surface area (Å²) in [4.78, 5) is 30.3. The quantitative estimate of drug-likeness (QED) is 0.430. The summed E-state index contributed by atoms with van der Waals surface area (Å²) in [6, 6.07) is 6.80. The Morgan fingerprint density at radius 3 is 2.05 bits per heavy atom. The molecule has 0 spiro atoms. The monoisotopic (exact) mass is 607 g/mol. The first-order chi connectivity index (χ1) is 19.6. The Bertz CT molecular complexity index is 1330. The first-order valence-corrected chi connectivity index (χ1v) is 12.8. The van der Waals surface area contributed by atoms with Crippen LogP contribution >= 0.6 is 0 Å². The Morgan fingerprint density at radius 2 is 1.52 bits per heavy atom. The van der Waals surface area contributed by atoms with E-state index in [-0.39, 0.29) is 0 Å². The standard InChI is InChI=1S/C21H29N7.2C2HF3O2/c1-24-10-11-26(14-17-12-22-25(2)13-17)16-19(24)18-15-28-20(23-18)6-5-7-21(28)27-8-3-4-9-27;2*3-2(4,5)1(6)7/h5-7,12-13,15,19H,3-4,8-11,14,16H2,1-2H3;2*(H,6,7). The highest BCUT2D eigenvalue weighted by atomic mass is 19.4. The lowest BCUT2D eigenvalue weighted by Crippen LogP contribution is -2.46. The largest absolute Gasteiger partial charge is 0.490 e. The zero-order valence-electron chi connectivity index (χ0n) is 22.8. The summed E-state index contributed by atoms with van der Waals surface area (Å²) in [5.41, 5.74) is 3.50. The van der Waals surface area contributed by atoms with Crippen LogP contribution in [0, 0.1) is 0 Å². The van der Waals surface area contributed by atoms with Crippen LogP contribution in [0.5, 0.6) is 0 Å². The number of halogens is 6. The number of nitrogens with zero attached hydrogens (tertiary/aromatic N) is 7. The van der Waals surface area contributed by atoms with Crippen molar-refractivity contribution in [1.29, 1.82) is 0 Å². The molecule has 42 heavy (non-hydrogen) atoms. The molecule has 0 saturated carbocycles. The minimum absolute atomic E-state index is 0.316. The zero-order chi connectivity index (χ0) is 31.2. The summed E-state index contributed by atoms with van der Waals surface area (Å²) < 4.78 is 67.6. The van der Waals surface area contributed by atoms with Crippen molar-refractivity contribution in [2.24, 2.45) is 7.05 Å². The van der Waals surface area contributed by atoms with Crippen molar-refractivity contribution in [3.8, 4) is 0 Å². The van der Waals surface area contributed by atoms with Crippen LogP contribution in [-0.2, 0) is 23.2 Å². The molecule has 11 nitrogen and oxygen atoms in total. The molecule has 0 aromatic carbocycles. The minimum atomic E-state index is -5.08. The molecule has 3 aromatic heterocycles. The molecule has 0 bridgehead atoms. The van der Waals surface area contributed by atoms with Crippen LogP contribution in [0.15, 0.2) is 36.8 Å². The molecule has 0 aliphatic carbocycles. The second-order valence-corrected chi connectivity index (χ2v) is 9.83. The molecule has 2 aliphatic heterocycles. The van der Waals surface area contributed by atoms with Crippen LogP contribution in [0.1, 0.15) is 30.1 Å². The fourth-order valence-electron chi connectivity index (χ4n) is 4.58. The van der Waals surface area contributed by atoms with Gasteiger partial charge in [0.15, 0.2) is 0 Å². The first kappa shape index (κ1) is 32.7. The third-order valence-corrected chi connectivity index (χ3v) is 6.64. The number of aromatic nitrogens is 4. The van der Waals surface area contributed by atoms with Crippen LogP contribution in [0.4, 0.5) is 32.2 Å². The van der Waals surface area contributed by atoms with Gasteiger partial charge < -0.3 is 15.1 Å². The number of hydrogen-bond acceptors (Lipinski definition) is 7. The summed E-state index contributed by atoms with van der Waals surface area (Å²) in [7, 11) is 4.20. The van der Waals surface area contributed by atoms with Crippen molar-refractivity contribution >= 4 is 23.4 Å². The van der Waals surface area contributed by atoms with Gasteiger partial charge >= 0.3 is 24.3 Å². The van der Waals surface area contributed by atoms with E-state index in [0.29, 0.717) is 6.04 Å². The lowest BCUT2D eigenvalue weighted by Gasteiger charge is -2.38. The lowest BCUT2D eigenvalue weighted by atomic mass is 10.1. The lowest BCUT2D eigenvalue weighted by molar-refractivity contribution is -0.193. The third-order valence-electron chi connectivity index (χ3n) is 6.64. The van der Waals surface area contributed by atoms with Gasteiger partial charge in [-0.15, -0.1) is 0 Å². The molecular formula is C25H31F6N7O4. The average molecular weight is 608 g/mol. The summed E-state index contributed by atoms with van der Waals surface area (Å²) in [5, 5.41) is 18.6. The Kier molecular flexibility index (Phi) is 10.4. The highest BCUT2D eigenvalue weighted by Gasteiger charge is 2.39. The number of hydrogen-bond donors (Lipinski definition) is 2. The molecule has 2 saturated heterocycles. The molecule has 2 aliphatic rings. The maximum absolute atomic E-state index is 10.6. The number of carboxylic acids is 2. The van der Waals surface area contributed by atoms with Gasteiger partial charge in [-0.05, 0) is 32.0 Å². The topological polar surface area (TPSA) is 119 Å². The molecule has 2 N–H and O–H groups in total. The number of likely N-dealkylation sites (N-methyl/N-ethyl adjacent to an activating group) is 1. The van der Waals surface area contributed by atoms with Gasteiger partial charge in [-0.2, -0.15) is 31.4 Å². The van der Waals surface area contributed by atoms with Crippen molar-refractivity contribution in [1.82, 2.24) is 29.0 Å². The highest BCUT2D eigenvalue weighted by molar-refractivity contribution is 5.73. The van der Waals surface area contributed by atoms with Crippen molar-refractivity contribution in [2.45, 2.75) is 37.8 Å². The van der Waals surface area contributed by atoms with Crippen molar-refractivity contribution in [3.63, 3.8) is 0 Å². The van der Waals surface area contributed by atoms with Gasteiger partial charge in [-0.1, -0.05) is 6.07 Å². The average Bonchev–Trinajstić information content (AvgIpc) is 3.66. The van der Waals surface area contributed by atoms with Gasteiger partial charge in [-0.25, -0.2) is 14.6 Å². The molecule has 3 aromatic rings. The van der Waals surface area contributed by atoms with Crippen LogP contribution in [0.2, 0.25) is 0 Å². The van der Waals surface area contributed by atoms with Gasteiger partial charge in [0.25, 0.3) is 0 Å². The van der Waals surface area contributed by atoms with E-state index in [4.69, 9.17) is 24.8 Å². The van der Waals surface area contributed by atoms with E-state index in [1.807, 2.05) is 17.9 Å². The maximum atomic E-state index is 10.6. The second kappa shape index (κ2) is 13.4. The van der Waals surface area contributed by atoms with Gasteiger partial charge in [-0.3, -0.25) is 18.9 Å². The van der Waals surface area contributed by atoms with Gasteiger partial charge in [0, 0.05) is 64.3 Å². The molecule has 5 rings (SSSR count). The van der Waals surface area contributed by atoms with Crippen LogP contribution < -0.4 is 4.90 Å². The fourth-order valence-corrected chi connectivity index (χ4v) is 4.58. The molecule has 0 radical (unpaired) electrons. The smallest absolute Gasteiger partial charge is 0.475 e. The number of piperazine rings is 1. The predicted molar refractivity (Wildman–Crippen MR) is 138 cm³/mol. The number of carboxylic acid groups (broad SMARTS) is 2. The molecule has 17 heteroatoms. The molecule has 1 unspecified atom stereocenters. The number of alkyl halides is 6. The highest BCUT2D eigenvalue weighted by Crippen LogP contribution is 2.28. The Hall–Kier alpha value is -3.86. The van der Waals surface area contributed by atoms with E-state index in [0.717, 1.165) is 44.9 Å². The fraction of sp³-hybridized carbons (Fsp3) is 0.520. The summed E-state index contributed by atoms with van der Waals surface area (Å²) in [5.74, 6) is -4.24. The Morgan fingerprint density at radius 1 is 0.929 bits per heavy atom. The number of aliphatic carboxylic acids is 2. The summed E-state index contributed by atoms with van der Waals surface area (Å²) in [6.45, 7) is 6.37. The predicted octanol–water partition coefficient (Wildman–Crippen LogP) is 3.42. The van der Waals surface area contributed by atoms with Gasteiger partial charge in [0.2, 0.25) is 0 Å². The zero-order valence-corrected chi connectivity index (χ0v) is 22.8. The second-order valence-electron chi connectivity index (χ2n) is 9.83. The van der Waals surface area contributed by atoms with E-state index < -0.39 is 24.3 Å². The van der Waals surface area contributed by atoms with Crippen LogP contribution in [0.25, 0.3) is 5.65 Å². The summed E-state index contributed by atoms with van der Waals surface area (Å²) >= 11 is 0. The number of rotatable bonds is 4. The van der Waals surface area contributed by atoms with E-state index in [2.05, 4.69) is 61.8 Å². The Balaban J connectivity index is 0.000000289. The normalized spacial score (nSPS) is 18.3. The molecule has 0 amide bonds. The molecule has 1 atom stereocenters. The number of anilines is 1. The van der Waals surface area contributed by atoms with Crippen LogP contribution in [0.3, 0.4) is 0 Å². The first-order valence-electron chi connectivity index (χ1n) is 12.8. The number of aryl methyl sites for hydroxylation is 1. The molecule has 5 heterocycles. The number of carbonyl (C=O) groups is 2. The molecule has 232 valence electrons. The number of pyridine rings is 1. The van der Waals surface area contributed by atoms with E-state index in [1.165, 1.54) is 29.9 Å². The van der Waals surface area contributed by atoms with Gasteiger partial charge in [0.1, 0.15) is 11.5 Å². The molecular weight excluding hydrogens is 576 g/mol. The van der Waals surface area contributed by atoms with Gasteiger partial charge in [0.05, 0.1) is 17.9 Å². The van der Waals surface area contributed by atoms with E-state index in [1.54, 1.807) is 0 Å². The minimum Gasteiger partial charge on any atom is -0.475 e. The van der Waals surface area contributed by atoms with Crippen molar-refractivity contribution in [3.05, 3.63) is 48.0 Å². The van der Waals surface area contributed by atoms with Crippen molar-refractivity contribution < 1.29 is 46.1 Å². The van der Waals surface area contributed by atoms with E-state index >= 15 is 0 Å². The molecule has 2 fully saturated rings. The van der Waals surface area contributed by atoms with E-state index in [9.17, 15) is 26.3 Å². The number of imidazole rings is 1. The van der Waals surface area contributed by atoms with Crippen molar-refractivity contribution in [2.75, 3.05) is 44.7 Å².